The van der Waals surface area contributed by atoms with Gasteiger partial charge in [-0.3, -0.25) is 4.79 Å². The summed E-state index contributed by atoms with van der Waals surface area (Å²) in [5.41, 5.74) is 6.19. The average molecular weight is 276 g/mol. The minimum absolute atomic E-state index is 0.167. The van der Waals surface area contributed by atoms with Crippen LogP contribution >= 0.6 is 0 Å². The SMILES string of the molecule is CNC(=O)[C@H](CN)Cc1ccc(OC(F)(F)F)cc1. The fourth-order valence-corrected chi connectivity index (χ4v) is 1.60. The summed E-state index contributed by atoms with van der Waals surface area (Å²) >= 11 is 0. The number of amides is 1. The maximum atomic E-state index is 12.0. The van der Waals surface area contributed by atoms with Gasteiger partial charge in [-0.2, -0.15) is 0 Å². The third-order valence-electron chi connectivity index (χ3n) is 2.54. The summed E-state index contributed by atoms with van der Waals surface area (Å²) in [6, 6.07) is 5.37. The highest BCUT2D eigenvalue weighted by atomic mass is 19.4. The van der Waals surface area contributed by atoms with Crippen molar-refractivity contribution in [2.45, 2.75) is 12.8 Å². The van der Waals surface area contributed by atoms with Gasteiger partial charge < -0.3 is 15.8 Å². The van der Waals surface area contributed by atoms with Crippen molar-refractivity contribution in [3.05, 3.63) is 29.8 Å². The molecule has 1 amide bonds. The van der Waals surface area contributed by atoms with E-state index >= 15 is 0 Å². The van der Waals surface area contributed by atoms with Crippen LogP contribution in [0.1, 0.15) is 5.56 Å². The highest BCUT2D eigenvalue weighted by Gasteiger charge is 2.31. The minimum atomic E-state index is -4.70. The molecule has 0 saturated carbocycles. The van der Waals surface area contributed by atoms with Gasteiger partial charge in [0.05, 0.1) is 5.92 Å². The Morgan fingerprint density at radius 2 is 1.95 bits per heavy atom. The lowest BCUT2D eigenvalue weighted by molar-refractivity contribution is -0.274. The van der Waals surface area contributed by atoms with Gasteiger partial charge in [0, 0.05) is 13.6 Å². The number of rotatable bonds is 5. The Morgan fingerprint density at radius 1 is 1.37 bits per heavy atom. The molecule has 0 unspecified atom stereocenters. The fourth-order valence-electron chi connectivity index (χ4n) is 1.60. The molecular formula is C12H15F3N2O2. The van der Waals surface area contributed by atoms with Gasteiger partial charge in [0.15, 0.2) is 0 Å². The smallest absolute Gasteiger partial charge is 0.406 e. The predicted octanol–water partition coefficient (Wildman–Crippen LogP) is 1.45. The largest absolute Gasteiger partial charge is 0.573 e. The number of halogens is 3. The quantitative estimate of drug-likeness (QED) is 0.855. The lowest BCUT2D eigenvalue weighted by Gasteiger charge is -2.14. The standard InChI is InChI=1S/C12H15F3N2O2/c1-17-11(18)9(7-16)6-8-2-4-10(5-3-8)19-12(13,14)15/h2-5,9H,6-7,16H2,1H3,(H,17,18)/t9-/m0/s1. The molecule has 7 heteroatoms. The first-order valence-corrected chi connectivity index (χ1v) is 5.62. The van der Waals surface area contributed by atoms with E-state index in [2.05, 4.69) is 10.1 Å². The number of nitrogens with two attached hydrogens (primary N) is 1. The second-order valence-corrected chi connectivity index (χ2v) is 3.94. The molecule has 3 N–H and O–H groups in total. The Morgan fingerprint density at radius 3 is 2.37 bits per heavy atom. The van der Waals surface area contributed by atoms with E-state index in [9.17, 15) is 18.0 Å². The van der Waals surface area contributed by atoms with Crippen LogP contribution in [-0.4, -0.2) is 25.9 Å². The Hall–Kier alpha value is -1.76. The third kappa shape index (κ3) is 5.17. The molecule has 106 valence electrons. The maximum absolute atomic E-state index is 12.0. The van der Waals surface area contributed by atoms with Crippen molar-refractivity contribution in [1.29, 1.82) is 0 Å². The van der Waals surface area contributed by atoms with E-state index in [0.717, 1.165) is 0 Å². The van der Waals surface area contributed by atoms with Crippen LogP contribution in [-0.2, 0) is 11.2 Å². The molecule has 1 rings (SSSR count). The molecule has 0 aromatic heterocycles. The van der Waals surface area contributed by atoms with Crippen molar-refractivity contribution in [2.24, 2.45) is 11.7 Å². The molecule has 0 spiro atoms. The second kappa shape index (κ2) is 6.42. The van der Waals surface area contributed by atoms with Crippen LogP contribution in [0.4, 0.5) is 13.2 Å². The van der Waals surface area contributed by atoms with E-state index in [0.29, 0.717) is 12.0 Å². The average Bonchev–Trinajstić information content (AvgIpc) is 2.35. The Kier molecular flexibility index (Phi) is 5.17. The van der Waals surface area contributed by atoms with Crippen molar-refractivity contribution in [3.8, 4) is 5.75 Å². The van der Waals surface area contributed by atoms with Crippen LogP contribution in [0.25, 0.3) is 0 Å². The third-order valence-corrected chi connectivity index (χ3v) is 2.54. The molecule has 1 atom stereocenters. The van der Waals surface area contributed by atoms with Crippen LogP contribution in [0.5, 0.6) is 5.75 Å². The predicted molar refractivity (Wildman–Crippen MR) is 63.4 cm³/mol. The molecule has 19 heavy (non-hydrogen) atoms. The molecule has 0 radical (unpaired) electrons. The van der Waals surface area contributed by atoms with Gasteiger partial charge in [0.1, 0.15) is 5.75 Å². The first-order chi connectivity index (χ1) is 8.85. The van der Waals surface area contributed by atoms with E-state index in [1.807, 2.05) is 0 Å². The number of carbonyl (C=O) groups is 1. The van der Waals surface area contributed by atoms with Crippen LogP contribution in [0.15, 0.2) is 24.3 Å². The molecule has 4 nitrogen and oxygen atoms in total. The number of hydrogen-bond acceptors (Lipinski definition) is 3. The van der Waals surface area contributed by atoms with Crippen LogP contribution in [0, 0.1) is 5.92 Å². The number of nitrogens with one attached hydrogen (secondary N) is 1. The van der Waals surface area contributed by atoms with Crippen molar-refractivity contribution in [3.63, 3.8) is 0 Å². The highest BCUT2D eigenvalue weighted by Crippen LogP contribution is 2.23. The van der Waals surface area contributed by atoms with E-state index in [-0.39, 0.29) is 18.2 Å². The van der Waals surface area contributed by atoms with Gasteiger partial charge in [-0.05, 0) is 24.1 Å². The lowest BCUT2D eigenvalue weighted by atomic mass is 9.98. The molecule has 1 aromatic carbocycles. The van der Waals surface area contributed by atoms with Gasteiger partial charge >= 0.3 is 6.36 Å². The van der Waals surface area contributed by atoms with E-state index in [1.165, 1.54) is 31.3 Å². The summed E-state index contributed by atoms with van der Waals surface area (Å²) in [7, 11) is 1.51. The van der Waals surface area contributed by atoms with Crippen molar-refractivity contribution < 1.29 is 22.7 Å². The number of carbonyl (C=O) groups excluding carboxylic acids is 1. The summed E-state index contributed by atoms with van der Waals surface area (Å²) in [6.45, 7) is 0.167. The molecule has 1 aromatic rings. The van der Waals surface area contributed by atoms with Crippen molar-refractivity contribution >= 4 is 5.91 Å². The molecule has 0 bridgehead atoms. The Bertz CT molecular complexity index is 418. The molecule has 0 saturated heterocycles. The van der Waals surface area contributed by atoms with Gasteiger partial charge in [-0.1, -0.05) is 12.1 Å². The van der Waals surface area contributed by atoms with Gasteiger partial charge in [0.25, 0.3) is 0 Å². The topological polar surface area (TPSA) is 64.4 Å². The number of hydrogen-bond donors (Lipinski definition) is 2. The van der Waals surface area contributed by atoms with E-state index in [1.54, 1.807) is 0 Å². The van der Waals surface area contributed by atoms with Gasteiger partial charge in [0.2, 0.25) is 5.91 Å². The number of ether oxygens (including phenoxy) is 1. The van der Waals surface area contributed by atoms with Crippen LogP contribution in [0.3, 0.4) is 0 Å². The maximum Gasteiger partial charge on any atom is 0.573 e. The summed E-state index contributed by atoms with van der Waals surface area (Å²) in [4.78, 5) is 11.4. The first-order valence-electron chi connectivity index (χ1n) is 5.62. The van der Waals surface area contributed by atoms with Crippen LogP contribution < -0.4 is 15.8 Å². The number of benzene rings is 1. The minimum Gasteiger partial charge on any atom is -0.406 e. The van der Waals surface area contributed by atoms with E-state index < -0.39 is 12.3 Å². The molecule has 0 aliphatic rings. The second-order valence-electron chi connectivity index (χ2n) is 3.94. The van der Waals surface area contributed by atoms with E-state index in [4.69, 9.17) is 5.73 Å². The monoisotopic (exact) mass is 276 g/mol. The first kappa shape index (κ1) is 15.3. The summed E-state index contributed by atoms with van der Waals surface area (Å²) in [5.74, 6) is -0.891. The van der Waals surface area contributed by atoms with Crippen LogP contribution in [0.2, 0.25) is 0 Å². The highest BCUT2D eigenvalue weighted by molar-refractivity contribution is 5.78. The summed E-state index contributed by atoms with van der Waals surface area (Å²) < 4.78 is 39.7. The zero-order chi connectivity index (χ0) is 14.5. The van der Waals surface area contributed by atoms with Crippen molar-refractivity contribution in [2.75, 3.05) is 13.6 Å². The summed E-state index contributed by atoms with van der Waals surface area (Å²) in [6.07, 6.45) is -4.34. The molecule has 0 fully saturated rings. The Labute approximate surface area is 108 Å². The molecular weight excluding hydrogens is 261 g/mol. The lowest BCUT2D eigenvalue weighted by Crippen LogP contribution is -2.34. The zero-order valence-corrected chi connectivity index (χ0v) is 10.3. The molecule has 0 aliphatic heterocycles. The fraction of sp³-hybridized carbons (Fsp3) is 0.417. The van der Waals surface area contributed by atoms with Gasteiger partial charge in [-0.25, -0.2) is 0 Å². The zero-order valence-electron chi connectivity index (χ0n) is 10.3. The molecule has 0 aliphatic carbocycles. The number of alkyl halides is 3. The molecule has 0 heterocycles. The summed E-state index contributed by atoms with van der Waals surface area (Å²) in [5, 5.41) is 2.49. The Balaban J connectivity index is 2.68. The normalized spacial score (nSPS) is 12.9. The van der Waals surface area contributed by atoms with Gasteiger partial charge in [-0.15, -0.1) is 13.2 Å². The van der Waals surface area contributed by atoms with Crippen molar-refractivity contribution in [1.82, 2.24) is 5.32 Å².